The number of benzene rings is 1. The van der Waals surface area contributed by atoms with Crippen LogP contribution in [0.1, 0.15) is 28.5 Å². The molecule has 0 radical (unpaired) electrons. The van der Waals surface area contributed by atoms with Crippen molar-refractivity contribution in [3.63, 3.8) is 0 Å². The number of amides is 1. The van der Waals surface area contributed by atoms with Crippen molar-refractivity contribution in [2.45, 2.75) is 12.3 Å². The average molecular weight is 241 g/mol. The van der Waals surface area contributed by atoms with Gasteiger partial charge in [-0.25, -0.2) is 0 Å². The number of rotatable bonds is 3. The number of hydrogen-bond acceptors (Lipinski definition) is 3. The highest BCUT2D eigenvalue weighted by atomic mass is 16.3. The van der Waals surface area contributed by atoms with Gasteiger partial charge in [-0.1, -0.05) is 18.2 Å². The zero-order valence-electron chi connectivity index (χ0n) is 9.55. The molecule has 3 rings (SSSR count). The molecule has 1 aromatic heterocycles. The summed E-state index contributed by atoms with van der Waals surface area (Å²) < 4.78 is 5.05. The summed E-state index contributed by atoms with van der Waals surface area (Å²) in [5, 5.41) is 2.78. The van der Waals surface area contributed by atoms with Crippen LogP contribution in [-0.2, 0) is 4.79 Å². The van der Waals surface area contributed by atoms with Crippen LogP contribution in [0, 0.1) is 0 Å². The topological polar surface area (TPSA) is 59.3 Å². The molecule has 4 nitrogen and oxygen atoms in total. The number of furan rings is 1. The van der Waals surface area contributed by atoms with Gasteiger partial charge in [-0.2, -0.15) is 0 Å². The lowest BCUT2D eigenvalue weighted by molar-refractivity contribution is -0.117. The largest absolute Gasteiger partial charge is 0.461 e. The van der Waals surface area contributed by atoms with E-state index in [4.69, 9.17) is 4.42 Å². The van der Waals surface area contributed by atoms with Crippen LogP contribution in [0.3, 0.4) is 0 Å². The average Bonchev–Trinajstić information content (AvgIpc) is 2.98. The Morgan fingerprint density at radius 1 is 1.22 bits per heavy atom. The van der Waals surface area contributed by atoms with Crippen molar-refractivity contribution in [3.05, 3.63) is 54.0 Å². The Hall–Kier alpha value is -2.36. The van der Waals surface area contributed by atoms with Gasteiger partial charge in [-0.05, 0) is 23.8 Å². The third kappa shape index (κ3) is 1.72. The van der Waals surface area contributed by atoms with E-state index in [1.807, 2.05) is 24.3 Å². The lowest BCUT2D eigenvalue weighted by atomic mass is 9.94. The zero-order chi connectivity index (χ0) is 12.5. The fourth-order valence-electron chi connectivity index (χ4n) is 2.20. The van der Waals surface area contributed by atoms with Crippen molar-refractivity contribution in [1.29, 1.82) is 0 Å². The van der Waals surface area contributed by atoms with Crippen LogP contribution in [0.4, 0.5) is 5.69 Å². The lowest BCUT2D eigenvalue weighted by Crippen LogP contribution is -2.15. The van der Waals surface area contributed by atoms with Crippen molar-refractivity contribution < 1.29 is 14.0 Å². The van der Waals surface area contributed by atoms with Gasteiger partial charge in [-0.3, -0.25) is 9.59 Å². The predicted molar refractivity (Wildman–Crippen MR) is 65.5 cm³/mol. The van der Waals surface area contributed by atoms with E-state index in [0.717, 1.165) is 11.3 Å². The summed E-state index contributed by atoms with van der Waals surface area (Å²) in [6.45, 7) is 0. The van der Waals surface area contributed by atoms with Gasteiger partial charge in [0, 0.05) is 12.1 Å². The third-order valence-electron chi connectivity index (χ3n) is 3.10. The molecule has 2 aromatic rings. The van der Waals surface area contributed by atoms with Crippen LogP contribution >= 0.6 is 0 Å². The van der Waals surface area contributed by atoms with Crippen LogP contribution in [0.15, 0.2) is 47.1 Å². The van der Waals surface area contributed by atoms with E-state index >= 15 is 0 Å². The zero-order valence-corrected chi connectivity index (χ0v) is 9.55. The molecule has 0 spiro atoms. The van der Waals surface area contributed by atoms with Gasteiger partial charge in [0.25, 0.3) is 0 Å². The predicted octanol–water partition coefficient (Wildman–Crippen LogP) is 2.59. The highest BCUT2D eigenvalue weighted by molar-refractivity contribution is 6.06. The number of hydrogen-bond donors (Lipinski definition) is 1. The first-order valence-electron chi connectivity index (χ1n) is 5.72. The van der Waals surface area contributed by atoms with Gasteiger partial charge in [0.2, 0.25) is 5.91 Å². The summed E-state index contributed by atoms with van der Waals surface area (Å²) >= 11 is 0. The Balaban J connectivity index is 1.85. The van der Waals surface area contributed by atoms with Gasteiger partial charge in [0.1, 0.15) is 0 Å². The Labute approximate surface area is 104 Å². The Morgan fingerprint density at radius 3 is 2.83 bits per heavy atom. The molecule has 0 fully saturated rings. The molecule has 0 unspecified atom stereocenters. The maximum atomic E-state index is 11.9. The number of fused-ring (bicyclic) bond motifs is 1. The fourth-order valence-corrected chi connectivity index (χ4v) is 2.20. The maximum Gasteiger partial charge on any atom is 0.232 e. The smallest absolute Gasteiger partial charge is 0.232 e. The van der Waals surface area contributed by atoms with E-state index in [9.17, 15) is 9.59 Å². The van der Waals surface area contributed by atoms with Gasteiger partial charge < -0.3 is 9.73 Å². The number of ketones is 1. The Bertz CT molecular complexity index is 601. The molecule has 0 saturated heterocycles. The second-order valence-corrected chi connectivity index (χ2v) is 4.23. The number of carbonyl (C=O) groups excluding carboxylic acids is 2. The molecule has 18 heavy (non-hydrogen) atoms. The van der Waals surface area contributed by atoms with Crippen LogP contribution in [0.2, 0.25) is 0 Å². The lowest BCUT2D eigenvalue weighted by Gasteiger charge is -2.06. The molecular formula is C14H11NO3. The molecule has 90 valence electrons. The van der Waals surface area contributed by atoms with Crippen molar-refractivity contribution in [2.24, 2.45) is 0 Å². The van der Waals surface area contributed by atoms with E-state index in [0.29, 0.717) is 5.76 Å². The van der Waals surface area contributed by atoms with E-state index in [1.54, 1.807) is 12.1 Å². The molecular weight excluding hydrogens is 230 g/mol. The molecule has 1 amide bonds. The van der Waals surface area contributed by atoms with Crippen LogP contribution in [0.25, 0.3) is 0 Å². The molecule has 1 N–H and O–H groups in total. The number of anilines is 1. The number of Topliss-reactive ketones (excluding diaryl/α,β-unsaturated/α-hetero) is 1. The van der Waals surface area contributed by atoms with Crippen LogP contribution in [-0.4, -0.2) is 11.7 Å². The maximum absolute atomic E-state index is 11.9. The SMILES string of the molecule is O=C(C[C@@H]1C(=O)Nc2ccccc21)c1ccco1. The van der Waals surface area contributed by atoms with Crippen molar-refractivity contribution in [2.75, 3.05) is 5.32 Å². The molecule has 0 bridgehead atoms. The molecule has 1 aliphatic heterocycles. The summed E-state index contributed by atoms with van der Waals surface area (Å²) in [4.78, 5) is 23.8. The van der Waals surface area contributed by atoms with Gasteiger partial charge in [0.05, 0.1) is 12.2 Å². The molecule has 1 atom stereocenters. The first kappa shape index (κ1) is 10.8. The van der Waals surface area contributed by atoms with E-state index in [-0.39, 0.29) is 18.1 Å². The van der Waals surface area contributed by atoms with Crippen molar-refractivity contribution in [3.8, 4) is 0 Å². The molecule has 0 aliphatic carbocycles. The molecule has 0 saturated carbocycles. The number of carbonyl (C=O) groups is 2. The number of nitrogens with one attached hydrogen (secondary N) is 1. The van der Waals surface area contributed by atoms with Gasteiger partial charge in [0.15, 0.2) is 11.5 Å². The van der Waals surface area contributed by atoms with Crippen LogP contribution in [0.5, 0.6) is 0 Å². The highest BCUT2D eigenvalue weighted by Crippen LogP contribution is 2.34. The Morgan fingerprint density at radius 2 is 2.06 bits per heavy atom. The Kier molecular flexibility index (Phi) is 2.48. The standard InChI is InChI=1S/C14H11NO3/c16-12(13-6-3-7-18-13)8-10-9-4-1-2-5-11(9)15-14(10)17/h1-7,10H,8H2,(H,15,17)/t10-/m0/s1. The van der Waals surface area contributed by atoms with E-state index in [1.165, 1.54) is 6.26 Å². The molecule has 1 aromatic carbocycles. The van der Waals surface area contributed by atoms with E-state index in [2.05, 4.69) is 5.32 Å². The van der Waals surface area contributed by atoms with Gasteiger partial charge in [-0.15, -0.1) is 0 Å². The second kappa shape index (κ2) is 4.14. The summed E-state index contributed by atoms with van der Waals surface area (Å²) in [5.74, 6) is -0.404. The summed E-state index contributed by atoms with van der Waals surface area (Å²) in [5.41, 5.74) is 1.67. The summed E-state index contributed by atoms with van der Waals surface area (Å²) in [6, 6.07) is 10.7. The normalized spacial score (nSPS) is 17.3. The highest BCUT2D eigenvalue weighted by Gasteiger charge is 2.32. The molecule has 2 heterocycles. The second-order valence-electron chi connectivity index (χ2n) is 4.23. The fraction of sp³-hybridized carbons (Fsp3) is 0.143. The first-order chi connectivity index (χ1) is 8.75. The van der Waals surface area contributed by atoms with Gasteiger partial charge >= 0.3 is 0 Å². The first-order valence-corrected chi connectivity index (χ1v) is 5.72. The van der Waals surface area contributed by atoms with Crippen molar-refractivity contribution >= 4 is 17.4 Å². The monoisotopic (exact) mass is 241 g/mol. The molecule has 4 heteroatoms. The minimum absolute atomic E-state index is 0.129. The van der Waals surface area contributed by atoms with Crippen molar-refractivity contribution in [1.82, 2.24) is 0 Å². The number of para-hydroxylation sites is 1. The summed E-state index contributed by atoms with van der Waals surface area (Å²) in [7, 11) is 0. The quantitative estimate of drug-likeness (QED) is 0.840. The molecule has 1 aliphatic rings. The van der Waals surface area contributed by atoms with Crippen LogP contribution < -0.4 is 5.32 Å². The third-order valence-corrected chi connectivity index (χ3v) is 3.10. The summed E-state index contributed by atoms with van der Waals surface area (Å²) in [6.07, 6.45) is 1.59. The minimum atomic E-state index is -0.418. The van der Waals surface area contributed by atoms with E-state index < -0.39 is 5.92 Å². The minimum Gasteiger partial charge on any atom is -0.461 e.